The molecule has 1 aromatic heterocycles. The summed E-state index contributed by atoms with van der Waals surface area (Å²) in [4.78, 5) is 27.7. The van der Waals surface area contributed by atoms with E-state index in [1.54, 1.807) is 7.11 Å². The first kappa shape index (κ1) is 22.1. The number of alkyl halides is 3. The molecule has 2 aliphatic rings. The summed E-state index contributed by atoms with van der Waals surface area (Å²) < 4.78 is 37.0. The van der Waals surface area contributed by atoms with E-state index in [1.807, 2.05) is 18.3 Å². The fraction of sp³-hybridized carbons (Fsp3) is 0.611. The lowest BCUT2D eigenvalue weighted by molar-refractivity contribution is -0.192. The van der Waals surface area contributed by atoms with Crippen LogP contribution in [0.2, 0.25) is 0 Å². The van der Waals surface area contributed by atoms with Crippen molar-refractivity contribution in [3.8, 4) is 0 Å². The Labute approximate surface area is 160 Å². The van der Waals surface area contributed by atoms with Crippen molar-refractivity contribution in [2.75, 3.05) is 33.4 Å². The molecule has 0 radical (unpaired) electrons. The molecule has 1 spiro atoms. The Balaban J connectivity index is 0.000000345. The molecule has 0 saturated carbocycles. The fourth-order valence-electron chi connectivity index (χ4n) is 3.61. The maximum absolute atomic E-state index is 12.0. The van der Waals surface area contributed by atoms with Crippen LogP contribution in [0, 0.1) is 11.3 Å². The third-order valence-corrected chi connectivity index (χ3v) is 5.21. The van der Waals surface area contributed by atoms with Gasteiger partial charge in [-0.25, -0.2) is 4.79 Å². The highest BCUT2D eigenvalue weighted by atomic mass is 19.4. The number of carboxylic acid groups (broad SMARTS) is 1. The molecule has 1 aromatic rings. The van der Waals surface area contributed by atoms with Gasteiger partial charge in [-0.2, -0.15) is 13.2 Å². The number of ether oxygens (including phenoxy) is 1. The van der Waals surface area contributed by atoms with Gasteiger partial charge in [0.1, 0.15) is 0 Å². The number of aromatic nitrogens is 1. The predicted octanol–water partition coefficient (Wildman–Crippen LogP) is 1.69. The number of hydrogen-bond acceptors (Lipinski definition) is 5. The summed E-state index contributed by atoms with van der Waals surface area (Å²) in [5, 5.41) is 10.2. The van der Waals surface area contributed by atoms with Gasteiger partial charge >= 0.3 is 12.1 Å². The van der Waals surface area contributed by atoms with Crippen LogP contribution in [0.25, 0.3) is 0 Å². The normalized spacial score (nSPS) is 21.7. The molecular weight excluding hydrogens is 379 g/mol. The molecule has 7 nitrogen and oxygen atoms in total. The number of halogens is 3. The Morgan fingerprint density at radius 3 is 2.54 bits per heavy atom. The second kappa shape index (κ2) is 9.33. The number of methoxy groups -OCH3 is 1. The first-order valence-electron chi connectivity index (χ1n) is 8.87. The van der Waals surface area contributed by atoms with Crippen LogP contribution in [0.15, 0.2) is 24.4 Å². The van der Waals surface area contributed by atoms with Crippen LogP contribution in [0.3, 0.4) is 0 Å². The van der Waals surface area contributed by atoms with Crippen LogP contribution in [-0.2, 0) is 20.9 Å². The molecule has 156 valence electrons. The summed E-state index contributed by atoms with van der Waals surface area (Å²) in [6.45, 7) is 4.27. The molecule has 3 rings (SSSR count). The number of carbonyl (C=O) groups is 2. The molecule has 10 heteroatoms. The molecule has 1 atom stereocenters. The predicted molar refractivity (Wildman–Crippen MR) is 93.2 cm³/mol. The standard InChI is InChI=1S/C16H23N3O2.C2HF3O2/c1-21-11-14-15(20)18-12-16(14)5-8-19(9-6-16)10-13-4-2-3-7-17-13;3-2(4,5)1(6)7/h2-4,7,14H,5-6,8-12H2,1H3,(H,18,20);(H,6,7). The second-order valence-corrected chi connectivity index (χ2v) is 6.99. The highest BCUT2D eigenvalue weighted by molar-refractivity contribution is 5.82. The molecule has 3 heterocycles. The Bertz CT molecular complexity index is 662. The quantitative estimate of drug-likeness (QED) is 0.795. The molecule has 0 bridgehead atoms. The lowest BCUT2D eigenvalue weighted by Crippen LogP contribution is -2.45. The molecule has 0 aromatic carbocycles. The summed E-state index contributed by atoms with van der Waals surface area (Å²) in [7, 11) is 1.68. The molecule has 1 amide bonds. The number of nitrogens with one attached hydrogen (secondary N) is 1. The summed E-state index contributed by atoms with van der Waals surface area (Å²) in [5.41, 5.74) is 1.20. The number of nitrogens with zero attached hydrogens (tertiary/aromatic N) is 2. The number of carboxylic acids is 1. The SMILES string of the molecule is COCC1C(=O)NCC12CCN(Cc1ccccn1)CC2.O=C(O)C(F)(F)F. The minimum atomic E-state index is -5.08. The van der Waals surface area contributed by atoms with Gasteiger partial charge in [0.25, 0.3) is 0 Å². The third-order valence-electron chi connectivity index (χ3n) is 5.21. The smallest absolute Gasteiger partial charge is 0.475 e. The number of aliphatic carboxylic acids is 1. The minimum absolute atomic E-state index is 0.0134. The van der Waals surface area contributed by atoms with E-state index >= 15 is 0 Å². The van der Waals surface area contributed by atoms with E-state index in [4.69, 9.17) is 14.6 Å². The molecular formula is C18H24F3N3O4. The minimum Gasteiger partial charge on any atom is -0.475 e. The van der Waals surface area contributed by atoms with E-state index in [2.05, 4.69) is 21.3 Å². The summed E-state index contributed by atoms with van der Waals surface area (Å²) in [6.07, 6.45) is -1.14. The zero-order valence-corrected chi connectivity index (χ0v) is 15.5. The lowest BCUT2D eigenvalue weighted by atomic mass is 9.71. The Morgan fingerprint density at radius 1 is 1.39 bits per heavy atom. The van der Waals surface area contributed by atoms with Gasteiger partial charge in [-0.1, -0.05) is 6.07 Å². The highest BCUT2D eigenvalue weighted by Gasteiger charge is 2.49. The second-order valence-electron chi connectivity index (χ2n) is 6.99. The van der Waals surface area contributed by atoms with Crippen LogP contribution in [0.4, 0.5) is 13.2 Å². The van der Waals surface area contributed by atoms with E-state index < -0.39 is 12.1 Å². The van der Waals surface area contributed by atoms with Gasteiger partial charge in [0.05, 0.1) is 18.2 Å². The molecule has 0 aliphatic carbocycles. The van der Waals surface area contributed by atoms with E-state index in [1.165, 1.54) is 0 Å². The number of carbonyl (C=O) groups excluding carboxylic acids is 1. The van der Waals surface area contributed by atoms with Gasteiger partial charge in [0.15, 0.2) is 0 Å². The van der Waals surface area contributed by atoms with Crippen LogP contribution in [0.1, 0.15) is 18.5 Å². The van der Waals surface area contributed by atoms with Crippen molar-refractivity contribution < 1.29 is 32.6 Å². The fourth-order valence-corrected chi connectivity index (χ4v) is 3.61. The van der Waals surface area contributed by atoms with Crippen LogP contribution in [0.5, 0.6) is 0 Å². The van der Waals surface area contributed by atoms with E-state index in [9.17, 15) is 18.0 Å². The highest BCUT2D eigenvalue weighted by Crippen LogP contribution is 2.42. The molecule has 1 unspecified atom stereocenters. The number of pyridine rings is 1. The van der Waals surface area contributed by atoms with Crippen LogP contribution >= 0.6 is 0 Å². The Kier molecular flexibility index (Phi) is 7.36. The first-order valence-corrected chi connectivity index (χ1v) is 8.87. The summed E-state index contributed by atoms with van der Waals surface area (Å²) >= 11 is 0. The third kappa shape index (κ3) is 5.65. The average Bonchev–Trinajstić information content (AvgIpc) is 2.95. The van der Waals surface area contributed by atoms with Crippen molar-refractivity contribution in [2.24, 2.45) is 11.3 Å². The van der Waals surface area contributed by atoms with Crippen LogP contribution < -0.4 is 5.32 Å². The average molecular weight is 403 g/mol. The first-order chi connectivity index (χ1) is 13.2. The van der Waals surface area contributed by atoms with Gasteiger partial charge in [-0.3, -0.25) is 14.7 Å². The van der Waals surface area contributed by atoms with Gasteiger partial charge in [-0.15, -0.1) is 0 Å². The van der Waals surface area contributed by atoms with E-state index in [0.29, 0.717) is 6.61 Å². The summed E-state index contributed by atoms with van der Waals surface area (Å²) in [6, 6.07) is 6.04. The van der Waals surface area contributed by atoms with Gasteiger partial charge in [0.2, 0.25) is 5.91 Å². The number of hydrogen-bond donors (Lipinski definition) is 2. The molecule has 2 fully saturated rings. The number of likely N-dealkylation sites (tertiary alicyclic amines) is 1. The van der Waals surface area contributed by atoms with Crippen molar-refractivity contribution in [1.82, 2.24) is 15.2 Å². The van der Waals surface area contributed by atoms with Gasteiger partial charge in [-0.05, 0) is 38.1 Å². The van der Waals surface area contributed by atoms with Crippen molar-refractivity contribution >= 4 is 11.9 Å². The number of piperidine rings is 1. The monoisotopic (exact) mass is 403 g/mol. The van der Waals surface area contributed by atoms with Gasteiger partial charge < -0.3 is 15.2 Å². The van der Waals surface area contributed by atoms with E-state index in [0.717, 1.165) is 44.7 Å². The number of rotatable bonds is 4. The maximum atomic E-state index is 12.0. The molecule has 2 N–H and O–H groups in total. The zero-order valence-electron chi connectivity index (χ0n) is 15.5. The lowest BCUT2D eigenvalue weighted by Gasteiger charge is -2.41. The van der Waals surface area contributed by atoms with E-state index in [-0.39, 0.29) is 17.2 Å². The number of amides is 1. The largest absolute Gasteiger partial charge is 0.490 e. The van der Waals surface area contributed by atoms with Crippen LogP contribution in [-0.4, -0.2) is 66.4 Å². The molecule has 2 aliphatic heterocycles. The Morgan fingerprint density at radius 2 is 2.04 bits per heavy atom. The topological polar surface area (TPSA) is 91.8 Å². The summed E-state index contributed by atoms with van der Waals surface area (Å²) in [5.74, 6) is -2.58. The Hall–Kier alpha value is -2.20. The molecule has 28 heavy (non-hydrogen) atoms. The van der Waals surface area contributed by atoms with Crippen molar-refractivity contribution in [2.45, 2.75) is 25.6 Å². The zero-order chi connectivity index (χ0) is 20.8. The maximum Gasteiger partial charge on any atom is 0.490 e. The van der Waals surface area contributed by atoms with Crippen molar-refractivity contribution in [3.63, 3.8) is 0 Å². The van der Waals surface area contributed by atoms with Gasteiger partial charge in [0, 0.05) is 31.8 Å². The molecule has 2 saturated heterocycles. The van der Waals surface area contributed by atoms with Crippen molar-refractivity contribution in [1.29, 1.82) is 0 Å². The van der Waals surface area contributed by atoms with Crippen molar-refractivity contribution in [3.05, 3.63) is 30.1 Å².